The Morgan fingerprint density at radius 2 is 1.43 bits per heavy atom. The molecule has 28 heavy (non-hydrogen) atoms. The van der Waals surface area contributed by atoms with Crippen LogP contribution in [0.4, 0.5) is 5.69 Å². The number of nitrogens with two attached hydrogens (primary N) is 1. The van der Waals surface area contributed by atoms with Crippen LogP contribution >= 0.6 is 0 Å². The summed E-state index contributed by atoms with van der Waals surface area (Å²) in [4.78, 5) is 17.2. The lowest BCUT2D eigenvalue weighted by Crippen LogP contribution is -2.29. The van der Waals surface area contributed by atoms with Crippen molar-refractivity contribution in [2.75, 3.05) is 5.73 Å². The van der Waals surface area contributed by atoms with Crippen LogP contribution in [0, 0.1) is 0 Å². The maximum absolute atomic E-state index is 12.8. The van der Waals surface area contributed by atoms with Crippen molar-refractivity contribution in [1.29, 1.82) is 0 Å². The first-order valence-electron chi connectivity index (χ1n) is 8.93. The monoisotopic (exact) mass is 369 g/mol. The molecule has 1 aromatic heterocycles. The number of benzene rings is 3. The minimum Gasteiger partial charge on any atom is -0.444 e. The van der Waals surface area contributed by atoms with Gasteiger partial charge in [0.05, 0.1) is 6.04 Å². The van der Waals surface area contributed by atoms with Crippen molar-refractivity contribution in [3.8, 4) is 11.5 Å². The molecular formula is C23H19N3O2. The molecule has 3 N–H and O–H groups in total. The Hall–Kier alpha value is -3.86. The second-order valence-electron chi connectivity index (χ2n) is 6.39. The third-order valence-corrected chi connectivity index (χ3v) is 4.44. The minimum absolute atomic E-state index is 0.226. The Bertz CT molecular complexity index is 1020. The number of nitrogens with one attached hydrogen (secondary N) is 1. The summed E-state index contributed by atoms with van der Waals surface area (Å²) in [6.07, 6.45) is 1.37. The summed E-state index contributed by atoms with van der Waals surface area (Å²) in [6, 6.07) is 26.5. The van der Waals surface area contributed by atoms with Crippen LogP contribution in [-0.2, 0) is 0 Å². The molecule has 0 atom stereocenters. The number of anilines is 1. The second kappa shape index (κ2) is 7.80. The van der Waals surface area contributed by atoms with E-state index < -0.39 is 0 Å². The van der Waals surface area contributed by atoms with Gasteiger partial charge in [-0.3, -0.25) is 4.79 Å². The molecule has 0 aliphatic carbocycles. The number of nitrogens with zero attached hydrogens (tertiary/aromatic N) is 1. The number of oxazole rings is 1. The molecular weight excluding hydrogens is 350 g/mol. The Labute approximate surface area is 162 Å². The molecule has 0 spiro atoms. The van der Waals surface area contributed by atoms with E-state index in [9.17, 15) is 4.79 Å². The van der Waals surface area contributed by atoms with Crippen molar-refractivity contribution in [2.24, 2.45) is 0 Å². The summed E-state index contributed by atoms with van der Waals surface area (Å²) in [5.74, 6) is 0.0734. The smallest absolute Gasteiger partial charge is 0.274 e. The highest BCUT2D eigenvalue weighted by atomic mass is 16.3. The molecule has 1 heterocycles. The lowest BCUT2D eigenvalue weighted by atomic mass is 9.98. The molecule has 0 aliphatic rings. The highest BCUT2D eigenvalue weighted by Gasteiger charge is 2.20. The lowest BCUT2D eigenvalue weighted by molar-refractivity contribution is 0.0938. The summed E-state index contributed by atoms with van der Waals surface area (Å²) in [5.41, 5.74) is 9.33. The fourth-order valence-electron chi connectivity index (χ4n) is 2.99. The van der Waals surface area contributed by atoms with Gasteiger partial charge in [0, 0.05) is 11.3 Å². The van der Waals surface area contributed by atoms with Crippen LogP contribution in [0.5, 0.6) is 0 Å². The van der Waals surface area contributed by atoms with Crippen LogP contribution < -0.4 is 11.1 Å². The van der Waals surface area contributed by atoms with Gasteiger partial charge in [-0.25, -0.2) is 4.98 Å². The van der Waals surface area contributed by atoms with Crippen molar-refractivity contribution in [1.82, 2.24) is 10.3 Å². The van der Waals surface area contributed by atoms with Gasteiger partial charge in [0.1, 0.15) is 6.26 Å². The highest BCUT2D eigenvalue weighted by Crippen LogP contribution is 2.23. The van der Waals surface area contributed by atoms with E-state index >= 15 is 0 Å². The van der Waals surface area contributed by atoms with E-state index in [1.165, 1.54) is 6.26 Å². The summed E-state index contributed by atoms with van der Waals surface area (Å²) >= 11 is 0. The van der Waals surface area contributed by atoms with Crippen molar-refractivity contribution in [2.45, 2.75) is 6.04 Å². The van der Waals surface area contributed by atoms with Gasteiger partial charge in [0.25, 0.3) is 5.91 Å². The quantitative estimate of drug-likeness (QED) is 0.510. The van der Waals surface area contributed by atoms with E-state index in [0.717, 1.165) is 16.7 Å². The van der Waals surface area contributed by atoms with Crippen LogP contribution in [-0.4, -0.2) is 10.9 Å². The predicted octanol–water partition coefficient (Wildman–Crippen LogP) is 4.44. The van der Waals surface area contributed by atoms with Crippen LogP contribution in [0.2, 0.25) is 0 Å². The molecule has 0 unspecified atom stereocenters. The average molecular weight is 369 g/mol. The highest BCUT2D eigenvalue weighted by molar-refractivity contribution is 5.93. The number of rotatable bonds is 5. The molecule has 0 bridgehead atoms. The summed E-state index contributed by atoms with van der Waals surface area (Å²) in [5, 5.41) is 3.06. The molecule has 0 aliphatic heterocycles. The standard InChI is InChI=1S/C23H19N3O2/c24-19-13-11-18(12-14-19)23-25-20(15-28-23)22(27)26-21(16-7-3-1-4-8-16)17-9-5-2-6-10-17/h1-15,21H,24H2,(H,26,27). The van der Waals surface area contributed by atoms with Crippen molar-refractivity contribution < 1.29 is 9.21 Å². The number of hydrogen-bond donors (Lipinski definition) is 2. The van der Waals surface area contributed by atoms with Gasteiger partial charge in [-0.05, 0) is 35.4 Å². The lowest BCUT2D eigenvalue weighted by Gasteiger charge is -2.19. The molecule has 5 nitrogen and oxygen atoms in total. The second-order valence-corrected chi connectivity index (χ2v) is 6.39. The van der Waals surface area contributed by atoms with Crippen molar-refractivity contribution in [3.63, 3.8) is 0 Å². The predicted molar refractivity (Wildman–Crippen MR) is 109 cm³/mol. The van der Waals surface area contributed by atoms with Gasteiger partial charge in [-0.1, -0.05) is 60.7 Å². The normalized spacial score (nSPS) is 10.8. The Morgan fingerprint density at radius 3 is 2.00 bits per heavy atom. The van der Waals surface area contributed by atoms with Crippen molar-refractivity contribution in [3.05, 3.63) is 108 Å². The van der Waals surface area contributed by atoms with E-state index in [-0.39, 0.29) is 17.6 Å². The van der Waals surface area contributed by atoms with E-state index in [0.29, 0.717) is 11.6 Å². The van der Waals surface area contributed by atoms with Gasteiger partial charge in [-0.15, -0.1) is 0 Å². The molecule has 0 radical (unpaired) electrons. The van der Waals surface area contributed by atoms with Crippen LogP contribution in [0.15, 0.2) is 95.6 Å². The maximum atomic E-state index is 12.8. The van der Waals surface area contributed by atoms with Gasteiger partial charge in [0.15, 0.2) is 5.69 Å². The molecule has 138 valence electrons. The molecule has 0 saturated heterocycles. The first-order valence-corrected chi connectivity index (χ1v) is 8.93. The minimum atomic E-state index is -0.303. The zero-order valence-corrected chi connectivity index (χ0v) is 15.1. The SMILES string of the molecule is Nc1ccc(-c2nc(C(=O)NC(c3ccccc3)c3ccccc3)co2)cc1. The Morgan fingerprint density at radius 1 is 0.857 bits per heavy atom. The summed E-state index contributed by atoms with van der Waals surface area (Å²) in [6.45, 7) is 0. The van der Waals surface area contributed by atoms with Gasteiger partial charge < -0.3 is 15.5 Å². The zero-order chi connectivity index (χ0) is 19.3. The first-order chi connectivity index (χ1) is 13.7. The van der Waals surface area contributed by atoms with E-state index in [2.05, 4.69) is 10.3 Å². The summed E-state index contributed by atoms with van der Waals surface area (Å²) < 4.78 is 5.49. The molecule has 0 fully saturated rings. The van der Waals surface area contributed by atoms with E-state index in [4.69, 9.17) is 10.2 Å². The average Bonchev–Trinajstić information content (AvgIpc) is 3.24. The van der Waals surface area contributed by atoms with Crippen LogP contribution in [0.25, 0.3) is 11.5 Å². The Kier molecular flexibility index (Phi) is 4.89. The fraction of sp³-hybridized carbons (Fsp3) is 0.0435. The van der Waals surface area contributed by atoms with Crippen molar-refractivity contribution >= 4 is 11.6 Å². The molecule has 5 heteroatoms. The Balaban J connectivity index is 1.59. The van der Waals surface area contributed by atoms with Crippen LogP contribution in [0.1, 0.15) is 27.7 Å². The maximum Gasteiger partial charge on any atom is 0.274 e. The van der Waals surface area contributed by atoms with E-state index in [1.807, 2.05) is 60.7 Å². The van der Waals surface area contributed by atoms with E-state index in [1.54, 1.807) is 24.3 Å². The third kappa shape index (κ3) is 3.78. The fourth-order valence-corrected chi connectivity index (χ4v) is 2.99. The molecule has 4 aromatic rings. The number of nitrogen functional groups attached to an aromatic ring is 1. The first kappa shape index (κ1) is 17.5. The topological polar surface area (TPSA) is 81.1 Å². The largest absolute Gasteiger partial charge is 0.444 e. The zero-order valence-electron chi connectivity index (χ0n) is 15.1. The number of amides is 1. The van der Waals surface area contributed by atoms with Gasteiger partial charge >= 0.3 is 0 Å². The molecule has 3 aromatic carbocycles. The van der Waals surface area contributed by atoms with Gasteiger partial charge in [-0.2, -0.15) is 0 Å². The number of carbonyl (C=O) groups excluding carboxylic acids is 1. The number of hydrogen-bond acceptors (Lipinski definition) is 4. The molecule has 4 rings (SSSR count). The van der Waals surface area contributed by atoms with Gasteiger partial charge in [0.2, 0.25) is 5.89 Å². The molecule has 1 amide bonds. The number of aromatic nitrogens is 1. The third-order valence-electron chi connectivity index (χ3n) is 4.44. The van der Waals surface area contributed by atoms with Crippen LogP contribution in [0.3, 0.4) is 0 Å². The summed E-state index contributed by atoms with van der Waals surface area (Å²) in [7, 11) is 0. The number of carbonyl (C=O) groups is 1. The molecule has 0 saturated carbocycles.